The van der Waals surface area contributed by atoms with Gasteiger partial charge in [-0.3, -0.25) is 4.68 Å². The summed E-state index contributed by atoms with van der Waals surface area (Å²) in [5.74, 6) is 1.11. The standard InChI is InChI=1S/C19H31N5O3/c1-22-17(4-7-20-22)23-8-2-3-16(13-23)21-18(25)24-9-12-27-15-19(14-24)5-10-26-11-6-19/h4,7,16H,2-3,5-6,8-15H2,1H3,(H,21,25). The Hall–Kier alpha value is -1.80. The van der Waals surface area contributed by atoms with Crippen molar-refractivity contribution in [1.29, 1.82) is 0 Å². The molecule has 4 heterocycles. The monoisotopic (exact) mass is 377 g/mol. The molecule has 150 valence electrons. The van der Waals surface area contributed by atoms with Gasteiger partial charge in [0.25, 0.3) is 0 Å². The lowest BCUT2D eigenvalue weighted by Gasteiger charge is -2.39. The number of ether oxygens (including phenoxy) is 2. The Bertz CT molecular complexity index is 643. The van der Waals surface area contributed by atoms with Crippen LogP contribution < -0.4 is 10.2 Å². The Labute approximate surface area is 160 Å². The van der Waals surface area contributed by atoms with Crippen molar-refractivity contribution in [2.24, 2.45) is 12.5 Å². The van der Waals surface area contributed by atoms with E-state index in [4.69, 9.17) is 9.47 Å². The lowest BCUT2D eigenvalue weighted by molar-refractivity contribution is -0.0295. The molecular formula is C19H31N5O3. The number of anilines is 1. The van der Waals surface area contributed by atoms with Crippen molar-refractivity contribution in [3.05, 3.63) is 12.3 Å². The molecule has 1 atom stereocenters. The molecule has 1 spiro atoms. The Balaban J connectivity index is 1.37. The normalized spacial score (nSPS) is 26.0. The number of carbonyl (C=O) groups is 1. The highest BCUT2D eigenvalue weighted by atomic mass is 16.5. The van der Waals surface area contributed by atoms with Crippen LogP contribution in [0.5, 0.6) is 0 Å². The molecule has 0 saturated carbocycles. The molecule has 0 aromatic carbocycles. The van der Waals surface area contributed by atoms with Crippen LogP contribution in [0.25, 0.3) is 0 Å². The maximum Gasteiger partial charge on any atom is 0.317 e. The molecule has 0 bridgehead atoms. The van der Waals surface area contributed by atoms with Crippen LogP contribution in [-0.4, -0.2) is 79.4 Å². The molecule has 8 nitrogen and oxygen atoms in total. The van der Waals surface area contributed by atoms with E-state index in [2.05, 4.69) is 15.3 Å². The van der Waals surface area contributed by atoms with Crippen LogP contribution in [0.4, 0.5) is 10.6 Å². The van der Waals surface area contributed by atoms with Crippen molar-refractivity contribution in [3.63, 3.8) is 0 Å². The van der Waals surface area contributed by atoms with Crippen molar-refractivity contribution < 1.29 is 14.3 Å². The number of nitrogens with one attached hydrogen (secondary N) is 1. The maximum atomic E-state index is 13.0. The van der Waals surface area contributed by atoms with Gasteiger partial charge in [-0.05, 0) is 25.7 Å². The average molecular weight is 377 g/mol. The van der Waals surface area contributed by atoms with Gasteiger partial charge in [0.15, 0.2) is 0 Å². The third-order valence-electron chi connectivity index (χ3n) is 6.15. The van der Waals surface area contributed by atoms with E-state index in [-0.39, 0.29) is 17.5 Å². The fourth-order valence-corrected chi connectivity index (χ4v) is 4.52. The number of rotatable bonds is 2. The van der Waals surface area contributed by atoms with Gasteiger partial charge in [0, 0.05) is 64.0 Å². The summed E-state index contributed by atoms with van der Waals surface area (Å²) in [5, 5.41) is 7.54. The topological polar surface area (TPSA) is 71.9 Å². The van der Waals surface area contributed by atoms with Gasteiger partial charge < -0.3 is 24.6 Å². The number of piperidine rings is 1. The summed E-state index contributed by atoms with van der Waals surface area (Å²) in [6, 6.07) is 2.24. The lowest BCUT2D eigenvalue weighted by Crippen LogP contribution is -2.54. The van der Waals surface area contributed by atoms with Crippen LogP contribution in [0.15, 0.2) is 12.3 Å². The molecule has 1 unspecified atom stereocenters. The second-order valence-corrected chi connectivity index (χ2v) is 8.13. The molecule has 3 fully saturated rings. The maximum absolute atomic E-state index is 13.0. The van der Waals surface area contributed by atoms with E-state index < -0.39 is 0 Å². The van der Waals surface area contributed by atoms with Gasteiger partial charge >= 0.3 is 6.03 Å². The molecule has 0 radical (unpaired) electrons. The largest absolute Gasteiger partial charge is 0.381 e. The summed E-state index contributed by atoms with van der Waals surface area (Å²) in [6.07, 6.45) is 5.84. The lowest BCUT2D eigenvalue weighted by atomic mass is 9.80. The SMILES string of the molecule is Cn1nccc1N1CCCC(NC(=O)N2CCOCC3(CCOCC3)C2)C1. The van der Waals surface area contributed by atoms with Crippen LogP contribution in [0.3, 0.4) is 0 Å². The van der Waals surface area contributed by atoms with Gasteiger partial charge in [-0.2, -0.15) is 5.10 Å². The highest BCUT2D eigenvalue weighted by Crippen LogP contribution is 2.33. The Morgan fingerprint density at radius 2 is 2.11 bits per heavy atom. The average Bonchev–Trinajstić information content (AvgIpc) is 3.00. The third kappa shape index (κ3) is 4.21. The minimum Gasteiger partial charge on any atom is -0.381 e. The van der Waals surface area contributed by atoms with Crippen molar-refractivity contribution in [2.45, 2.75) is 31.7 Å². The summed E-state index contributed by atoms with van der Waals surface area (Å²) in [7, 11) is 1.96. The molecule has 2 amide bonds. The molecule has 4 rings (SSSR count). The van der Waals surface area contributed by atoms with E-state index in [1.54, 1.807) is 0 Å². The summed E-state index contributed by atoms with van der Waals surface area (Å²) in [4.78, 5) is 17.3. The highest BCUT2D eigenvalue weighted by molar-refractivity contribution is 5.74. The Kier molecular flexibility index (Phi) is 5.54. The highest BCUT2D eigenvalue weighted by Gasteiger charge is 2.38. The van der Waals surface area contributed by atoms with E-state index in [0.717, 1.165) is 71.0 Å². The van der Waals surface area contributed by atoms with Crippen LogP contribution in [-0.2, 0) is 16.5 Å². The summed E-state index contributed by atoms with van der Waals surface area (Å²) >= 11 is 0. The molecule has 0 aliphatic carbocycles. The fraction of sp³-hybridized carbons (Fsp3) is 0.789. The minimum absolute atomic E-state index is 0.0447. The first-order valence-electron chi connectivity index (χ1n) is 10.1. The molecule has 1 aromatic rings. The number of aryl methyl sites for hydroxylation is 1. The van der Waals surface area contributed by atoms with Gasteiger partial charge in [-0.1, -0.05) is 0 Å². The first-order valence-corrected chi connectivity index (χ1v) is 10.1. The number of hydrogen-bond acceptors (Lipinski definition) is 5. The summed E-state index contributed by atoms with van der Waals surface area (Å²) < 4.78 is 13.3. The van der Waals surface area contributed by atoms with Gasteiger partial charge in [0.05, 0.1) is 19.4 Å². The molecule has 3 saturated heterocycles. The van der Waals surface area contributed by atoms with Crippen molar-refractivity contribution >= 4 is 11.8 Å². The van der Waals surface area contributed by atoms with Crippen LogP contribution >= 0.6 is 0 Å². The molecule has 3 aliphatic heterocycles. The van der Waals surface area contributed by atoms with Gasteiger partial charge in [0.2, 0.25) is 0 Å². The number of nitrogens with zero attached hydrogens (tertiary/aromatic N) is 4. The van der Waals surface area contributed by atoms with Crippen LogP contribution in [0, 0.1) is 5.41 Å². The first kappa shape index (κ1) is 18.6. The smallest absolute Gasteiger partial charge is 0.317 e. The quantitative estimate of drug-likeness (QED) is 0.839. The van der Waals surface area contributed by atoms with Crippen molar-refractivity contribution in [2.75, 3.05) is 57.5 Å². The van der Waals surface area contributed by atoms with Crippen LogP contribution in [0.2, 0.25) is 0 Å². The van der Waals surface area contributed by atoms with E-state index in [1.807, 2.05) is 28.9 Å². The summed E-state index contributed by atoms with van der Waals surface area (Å²) in [6.45, 7) is 6.13. The molecule has 27 heavy (non-hydrogen) atoms. The van der Waals surface area contributed by atoms with Crippen molar-refractivity contribution in [1.82, 2.24) is 20.0 Å². The Morgan fingerprint density at radius 3 is 2.89 bits per heavy atom. The van der Waals surface area contributed by atoms with Crippen molar-refractivity contribution in [3.8, 4) is 0 Å². The third-order valence-corrected chi connectivity index (χ3v) is 6.15. The zero-order valence-corrected chi connectivity index (χ0v) is 16.2. The first-order chi connectivity index (χ1) is 13.2. The van der Waals surface area contributed by atoms with Gasteiger partial charge in [-0.25, -0.2) is 4.79 Å². The number of amides is 2. The van der Waals surface area contributed by atoms with E-state index in [9.17, 15) is 4.79 Å². The molecule has 1 N–H and O–H groups in total. The molecule has 1 aromatic heterocycles. The number of hydrogen-bond donors (Lipinski definition) is 1. The molecular weight excluding hydrogens is 346 g/mol. The zero-order chi connectivity index (χ0) is 18.7. The molecule has 8 heteroatoms. The van der Waals surface area contributed by atoms with Crippen LogP contribution in [0.1, 0.15) is 25.7 Å². The second kappa shape index (κ2) is 8.06. The van der Waals surface area contributed by atoms with E-state index >= 15 is 0 Å². The fourth-order valence-electron chi connectivity index (χ4n) is 4.52. The summed E-state index contributed by atoms with van der Waals surface area (Å²) in [5.41, 5.74) is 0.0550. The van der Waals surface area contributed by atoms with E-state index in [1.165, 1.54) is 0 Å². The number of aromatic nitrogens is 2. The van der Waals surface area contributed by atoms with E-state index in [0.29, 0.717) is 13.2 Å². The van der Waals surface area contributed by atoms with Gasteiger partial charge in [0.1, 0.15) is 5.82 Å². The Morgan fingerprint density at radius 1 is 1.26 bits per heavy atom. The minimum atomic E-state index is 0.0447. The second-order valence-electron chi connectivity index (χ2n) is 8.13. The number of carbonyl (C=O) groups excluding carboxylic acids is 1. The predicted molar refractivity (Wildman–Crippen MR) is 102 cm³/mol. The zero-order valence-electron chi connectivity index (χ0n) is 16.2. The molecule has 3 aliphatic rings. The van der Waals surface area contributed by atoms with Gasteiger partial charge in [-0.15, -0.1) is 0 Å². The predicted octanol–water partition coefficient (Wildman–Crippen LogP) is 1.23. The number of urea groups is 1.